The lowest BCUT2D eigenvalue weighted by atomic mass is 9.78. The number of nitrogens with zero attached hydrogens (tertiary/aromatic N) is 2. The average Bonchev–Trinajstić information content (AvgIpc) is 2.98. The number of ether oxygens (including phenoxy) is 1. The predicted molar refractivity (Wildman–Crippen MR) is 80.5 cm³/mol. The first-order chi connectivity index (χ1) is 10.1. The highest BCUT2D eigenvalue weighted by atomic mass is 16.5. The molecular weight excluding hydrogens is 266 g/mol. The van der Waals surface area contributed by atoms with Crippen LogP contribution in [0.15, 0.2) is 28.8 Å². The Bertz CT molecular complexity index is 625. The molecule has 0 aliphatic heterocycles. The minimum absolute atomic E-state index is 0.428. The molecule has 1 aromatic heterocycles. The zero-order chi connectivity index (χ0) is 14.9. The molecule has 1 aliphatic carbocycles. The molecule has 0 amide bonds. The molecule has 5 heteroatoms. The van der Waals surface area contributed by atoms with Crippen LogP contribution in [0.1, 0.15) is 38.4 Å². The highest BCUT2D eigenvalue weighted by Gasteiger charge is 2.41. The topological polar surface area (TPSA) is 74.2 Å². The molecule has 1 aliphatic rings. The summed E-state index contributed by atoms with van der Waals surface area (Å²) >= 11 is 0. The second kappa shape index (κ2) is 5.48. The zero-order valence-electron chi connectivity index (χ0n) is 12.5. The lowest BCUT2D eigenvalue weighted by Crippen LogP contribution is -2.35. The Kier molecular flexibility index (Phi) is 3.68. The first-order valence-electron chi connectivity index (χ1n) is 7.39. The van der Waals surface area contributed by atoms with E-state index >= 15 is 0 Å². The summed E-state index contributed by atoms with van der Waals surface area (Å²) in [6.07, 6.45) is 4.19. The van der Waals surface area contributed by atoms with E-state index < -0.39 is 5.60 Å². The van der Waals surface area contributed by atoms with E-state index in [1.54, 1.807) is 7.11 Å². The Balaban J connectivity index is 1.95. The zero-order valence-corrected chi connectivity index (χ0v) is 12.5. The number of rotatable bonds is 3. The summed E-state index contributed by atoms with van der Waals surface area (Å²) in [4.78, 5) is 4.56. The van der Waals surface area contributed by atoms with Crippen LogP contribution in [0.4, 0.5) is 5.69 Å². The third kappa shape index (κ3) is 2.53. The van der Waals surface area contributed by atoms with Crippen molar-refractivity contribution in [2.75, 3.05) is 12.8 Å². The van der Waals surface area contributed by atoms with Crippen LogP contribution in [0.2, 0.25) is 0 Å². The van der Waals surface area contributed by atoms with Gasteiger partial charge in [0.15, 0.2) is 0 Å². The van der Waals surface area contributed by atoms with E-state index in [2.05, 4.69) is 17.1 Å². The number of anilines is 1. The molecule has 0 spiro atoms. The molecule has 0 radical (unpaired) electrons. The van der Waals surface area contributed by atoms with Gasteiger partial charge in [-0.1, -0.05) is 30.6 Å². The number of methoxy groups -OCH3 is 1. The van der Waals surface area contributed by atoms with Crippen LogP contribution in [0, 0.1) is 5.92 Å². The molecule has 21 heavy (non-hydrogen) atoms. The number of aromatic nitrogens is 2. The molecule has 0 bridgehead atoms. The van der Waals surface area contributed by atoms with Gasteiger partial charge in [-0.25, -0.2) is 0 Å². The Morgan fingerprint density at radius 1 is 1.38 bits per heavy atom. The summed E-state index contributed by atoms with van der Waals surface area (Å²) in [6, 6.07) is 7.50. The number of nitrogens with two attached hydrogens (primary N) is 1. The summed E-state index contributed by atoms with van der Waals surface area (Å²) in [5, 5.41) is 4.17. The number of para-hydroxylation sites is 1. The van der Waals surface area contributed by atoms with Crippen molar-refractivity contribution in [3.8, 4) is 11.5 Å². The van der Waals surface area contributed by atoms with Crippen LogP contribution in [0.5, 0.6) is 0 Å². The van der Waals surface area contributed by atoms with Gasteiger partial charge in [-0.3, -0.25) is 0 Å². The Hall–Kier alpha value is -1.88. The van der Waals surface area contributed by atoms with E-state index in [1.165, 1.54) is 6.42 Å². The van der Waals surface area contributed by atoms with Gasteiger partial charge in [0, 0.05) is 12.8 Å². The van der Waals surface area contributed by atoms with E-state index in [0.29, 0.717) is 23.3 Å². The number of hydrogen-bond donors (Lipinski definition) is 1. The fraction of sp³-hybridized carbons (Fsp3) is 0.500. The maximum absolute atomic E-state index is 5.97. The normalized spacial score (nSPS) is 25.9. The third-order valence-electron chi connectivity index (χ3n) is 4.37. The lowest BCUT2D eigenvalue weighted by Gasteiger charge is -2.36. The Morgan fingerprint density at radius 3 is 2.90 bits per heavy atom. The van der Waals surface area contributed by atoms with Crippen molar-refractivity contribution in [2.24, 2.45) is 5.92 Å². The van der Waals surface area contributed by atoms with Crippen molar-refractivity contribution in [3.63, 3.8) is 0 Å². The maximum atomic E-state index is 5.97. The minimum atomic E-state index is -0.428. The second-order valence-corrected chi connectivity index (χ2v) is 5.91. The molecular formula is C16H21N3O2. The van der Waals surface area contributed by atoms with Crippen LogP contribution < -0.4 is 5.73 Å². The van der Waals surface area contributed by atoms with Crippen molar-refractivity contribution < 1.29 is 9.26 Å². The molecule has 2 atom stereocenters. The van der Waals surface area contributed by atoms with Gasteiger partial charge in [0.25, 0.3) is 5.89 Å². The first-order valence-corrected chi connectivity index (χ1v) is 7.39. The maximum Gasteiger partial charge on any atom is 0.260 e. The number of hydrogen-bond acceptors (Lipinski definition) is 5. The van der Waals surface area contributed by atoms with Gasteiger partial charge in [-0.2, -0.15) is 4.98 Å². The molecule has 2 unspecified atom stereocenters. The standard InChI is InChI=1S/C16H21N3O2/c1-11-6-5-9-16(10-11,20-2)15-18-14(21-19-15)12-7-3-4-8-13(12)17/h3-4,7-8,11H,5-6,9-10,17H2,1-2H3. The van der Waals surface area contributed by atoms with Gasteiger partial charge >= 0.3 is 0 Å². The molecule has 3 rings (SSSR count). The van der Waals surface area contributed by atoms with E-state index in [4.69, 9.17) is 15.0 Å². The van der Waals surface area contributed by atoms with Gasteiger partial charge in [-0.15, -0.1) is 0 Å². The molecule has 1 heterocycles. The summed E-state index contributed by atoms with van der Waals surface area (Å²) in [7, 11) is 1.73. The van der Waals surface area contributed by atoms with Gasteiger partial charge in [-0.05, 0) is 37.3 Å². The van der Waals surface area contributed by atoms with Crippen LogP contribution in [-0.2, 0) is 10.3 Å². The molecule has 2 aromatic rings. The quantitative estimate of drug-likeness (QED) is 0.876. The molecule has 5 nitrogen and oxygen atoms in total. The predicted octanol–water partition coefficient (Wildman–Crippen LogP) is 3.37. The van der Waals surface area contributed by atoms with Gasteiger partial charge in [0.05, 0.1) is 5.56 Å². The Morgan fingerprint density at radius 2 is 2.19 bits per heavy atom. The second-order valence-electron chi connectivity index (χ2n) is 5.91. The van der Waals surface area contributed by atoms with Crippen molar-refractivity contribution in [3.05, 3.63) is 30.1 Å². The van der Waals surface area contributed by atoms with Crippen molar-refractivity contribution in [1.82, 2.24) is 10.1 Å². The monoisotopic (exact) mass is 287 g/mol. The van der Waals surface area contributed by atoms with Crippen LogP contribution in [0.3, 0.4) is 0 Å². The van der Waals surface area contributed by atoms with Crippen molar-refractivity contribution >= 4 is 5.69 Å². The van der Waals surface area contributed by atoms with Gasteiger partial charge in [0.1, 0.15) is 5.60 Å². The van der Waals surface area contributed by atoms with Crippen molar-refractivity contribution in [1.29, 1.82) is 0 Å². The largest absolute Gasteiger partial charge is 0.398 e. The van der Waals surface area contributed by atoms with Crippen LogP contribution in [-0.4, -0.2) is 17.3 Å². The van der Waals surface area contributed by atoms with Crippen LogP contribution >= 0.6 is 0 Å². The van der Waals surface area contributed by atoms with E-state index in [1.807, 2.05) is 24.3 Å². The summed E-state index contributed by atoms with van der Waals surface area (Å²) in [5.74, 6) is 1.69. The SMILES string of the molecule is COC1(c2noc(-c3ccccc3N)n2)CCCC(C)C1. The molecule has 1 aromatic carbocycles. The number of nitrogen functional groups attached to an aromatic ring is 1. The number of benzene rings is 1. The van der Waals surface area contributed by atoms with E-state index in [-0.39, 0.29) is 0 Å². The fourth-order valence-corrected chi connectivity index (χ4v) is 3.19. The van der Waals surface area contributed by atoms with Gasteiger partial charge < -0.3 is 15.0 Å². The summed E-state index contributed by atoms with van der Waals surface area (Å²) in [5.41, 5.74) is 6.95. The molecule has 1 fully saturated rings. The third-order valence-corrected chi connectivity index (χ3v) is 4.37. The average molecular weight is 287 g/mol. The molecule has 0 saturated heterocycles. The fourth-order valence-electron chi connectivity index (χ4n) is 3.19. The minimum Gasteiger partial charge on any atom is -0.398 e. The van der Waals surface area contributed by atoms with E-state index in [9.17, 15) is 0 Å². The highest BCUT2D eigenvalue weighted by Crippen LogP contribution is 2.41. The molecule has 2 N–H and O–H groups in total. The van der Waals surface area contributed by atoms with E-state index in [0.717, 1.165) is 24.8 Å². The lowest BCUT2D eigenvalue weighted by molar-refractivity contribution is -0.0658. The molecule has 1 saturated carbocycles. The highest BCUT2D eigenvalue weighted by molar-refractivity contribution is 5.69. The van der Waals surface area contributed by atoms with Crippen molar-refractivity contribution in [2.45, 2.75) is 38.2 Å². The van der Waals surface area contributed by atoms with Gasteiger partial charge in [0.2, 0.25) is 5.82 Å². The first kappa shape index (κ1) is 14.1. The smallest absolute Gasteiger partial charge is 0.260 e. The summed E-state index contributed by atoms with van der Waals surface area (Å²) in [6.45, 7) is 2.24. The summed E-state index contributed by atoms with van der Waals surface area (Å²) < 4.78 is 11.2. The Labute approximate surface area is 124 Å². The van der Waals surface area contributed by atoms with Crippen LogP contribution in [0.25, 0.3) is 11.5 Å². The molecule has 112 valence electrons.